The number of nitrogens with zero attached hydrogens (tertiary/aromatic N) is 3. The normalized spacial score (nSPS) is 16.9. The summed E-state index contributed by atoms with van der Waals surface area (Å²) in [4.78, 5) is 19.3. The van der Waals surface area contributed by atoms with Crippen LogP contribution in [0.25, 0.3) is 0 Å². The zero-order valence-electron chi connectivity index (χ0n) is 17.8. The molecule has 33 heavy (non-hydrogen) atoms. The highest BCUT2D eigenvalue weighted by Crippen LogP contribution is 2.44. The van der Waals surface area contributed by atoms with Gasteiger partial charge in [-0.1, -0.05) is 53.2 Å². The minimum atomic E-state index is -0.494. The summed E-state index contributed by atoms with van der Waals surface area (Å²) in [5.41, 5.74) is 2.97. The van der Waals surface area contributed by atoms with Gasteiger partial charge in [0.25, 0.3) is 0 Å². The van der Waals surface area contributed by atoms with Crippen LogP contribution in [0.3, 0.4) is 0 Å². The van der Waals surface area contributed by atoms with E-state index in [4.69, 9.17) is 32.7 Å². The molecule has 9 heteroatoms. The second kappa shape index (κ2) is 9.92. The van der Waals surface area contributed by atoms with Crippen LogP contribution >= 0.6 is 35.0 Å². The summed E-state index contributed by atoms with van der Waals surface area (Å²) in [7, 11) is 0. The van der Waals surface area contributed by atoms with Gasteiger partial charge >= 0.3 is 5.97 Å². The molecule has 1 atom stereocenters. The quantitative estimate of drug-likeness (QED) is 0.439. The number of thioether (sulfide) groups is 1. The van der Waals surface area contributed by atoms with Crippen molar-refractivity contribution in [2.75, 3.05) is 6.61 Å². The summed E-state index contributed by atoms with van der Waals surface area (Å²) in [6.07, 6.45) is 1.87. The molecular weight excluding hydrogens is 481 g/mol. The standard InChI is InChI=1S/C24H19Cl2N3O3S/c1-3-31-23(30)20-14(2)28-24-29(8-9-33-24)21(20)17-10-18(25)22(19(26)11-17)32-13-16-7-5-4-6-15(16)12-27/h4-11,21H,3,13H2,1-2H3/t21-/m1/s1. The van der Waals surface area contributed by atoms with Crippen LogP contribution in [0.15, 0.2) is 64.3 Å². The SMILES string of the molecule is CCOC(=O)C1=C(C)N=C2SC=CN2[C@@H]1c1cc(Cl)c(OCc2ccccc2C#N)c(Cl)c1. The lowest BCUT2D eigenvalue weighted by Crippen LogP contribution is -2.34. The van der Waals surface area contributed by atoms with Crippen LogP contribution in [0.1, 0.15) is 36.6 Å². The van der Waals surface area contributed by atoms with Gasteiger partial charge in [-0.3, -0.25) is 0 Å². The Morgan fingerprint density at radius 2 is 2.00 bits per heavy atom. The topological polar surface area (TPSA) is 74.9 Å². The molecule has 0 saturated carbocycles. The number of allylic oxidation sites excluding steroid dienone is 1. The molecule has 2 aromatic rings. The number of aliphatic imine (C=N–C) groups is 1. The predicted octanol–water partition coefficient (Wildman–Crippen LogP) is 6.21. The molecule has 4 rings (SSSR count). The molecule has 0 amide bonds. The molecule has 0 fully saturated rings. The summed E-state index contributed by atoms with van der Waals surface area (Å²) < 4.78 is 11.2. The highest BCUT2D eigenvalue weighted by molar-refractivity contribution is 8.16. The Balaban J connectivity index is 1.69. The van der Waals surface area contributed by atoms with Crippen molar-refractivity contribution in [1.82, 2.24) is 4.90 Å². The van der Waals surface area contributed by atoms with Crippen molar-refractivity contribution in [2.24, 2.45) is 4.99 Å². The largest absolute Gasteiger partial charge is 0.486 e. The number of hydrogen-bond donors (Lipinski definition) is 0. The van der Waals surface area contributed by atoms with E-state index >= 15 is 0 Å². The van der Waals surface area contributed by atoms with Crippen LogP contribution in [-0.4, -0.2) is 22.6 Å². The van der Waals surface area contributed by atoms with E-state index < -0.39 is 12.0 Å². The fourth-order valence-electron chi connectivity index (χ4n) is 3.68. The van der Waals surface area contributed by atoms with Gasteiger partial charge in [0.15, 0.2) is 10.9 Å². The number of hydrogen-bond acceptors (Lipinski definition) is 7. The van der Waals surface area contributed by atoms with Gasteiger partial charge in [0, 0.05) is 11.8 Å². The third-order valence-electron chi connectivity index (χ3n) is 5.16. The molecule has 0 aromatic heterocycles. The number of esters is 1. The van der Waals surface area contributed by atoms with Gasteiger partial charge in [0.2, 0.25) is 0 Å². The number of ether oxygens (including phenoxy) is 2. The van der Waals surface area contributed by atoms with Crippen molar-refractivity contribution in [3.63, 3.8) is 0 Å². The van der Waals surface area contributed by atoms with E-state index in [-0.39, 0.29) is 13.2 Å². The molecular formula is C24H19Cl2N3O3S. The lowest BCUT2D eigenvalue weighted by atomic mass is 9.94. The highest BCUT2D eigenvalue weighted by Gasteiger charge is 2.38. The van der Waals surface area contributed by atoms with Crippen LogP contribution < -0.4 is 4.74 Å². The molecule has 2 aromatic carbocycles. The van der Waals surface area contributed by atoms with Crippen molar-refractivity contribution in [3.8, 4) is 11.8 Å². The molecule has 0 spiro atoms. The minimum absolute atomic E-state index is 0.140. The van der Waals surface area contributed by atoms with Crippen LogP contribution in [0, 0.1) is 11.3 Å². The molecule has 0 saturated heterocycles. The third kappa shape index (κ3) is 4.60. The lowest BCUT2D eigenvalue weighted by molar-refractivity contribution is -0.139. The van der Waals surface area contributed by atoms with Gasteiger partial charge in [0.1, 0.15) is 6.61 Å². The first kappa shape index (κ1) is 23.2. The second-order valence-corrected chi connectivity index (χ2v) is 8.89. The average Bonchev–Trinajstić information content (AvgIpc) is 3.25. The number of nitriles is 1. The summed E-state index contributed by atoms with van der Waals surface area (Å²) in [6.45, 7) is 3.94. The first-order chi connectivity index (χ1) is 15.9. The van der Waals surface area contributed by atoms with Crippen molar-refractivity contribution < 1.29 is 14.3 Å². The van der Waals surface area contributed by atoms with Gasteiger partial charge in [-0.25, -0.2) is 9.79 Å². The minimum Gasteiger partial charge on any atom is -0.486 e. The Kier molecular flexibility index (Phi) is 6.99. The van der Waals surface area contributed by atoms with Gasteiger partial charge < -0.3 is 14.4 Å². The number of amidine groups is 1. The average molecular weight is 500 g/mol. The highest BCUT2D eigenvalue weighted by atomic mass is 35.5. The molecule has 0 bridgehead atoms. The van der Waals surface area contributed by atoms with Crippen molar-refractivity contribution in [1.29, 1.82) is 5.26 Å². The fraction of sp³-hybridized carbons (Fsp3) is 0.208. The number of rotatable bonds is 6. The monoisotopic (exact) mass is 499 g/mol. The van der Waals surface area contributed by atoms with E-state index in [0.717, 1.165) is 10.7 Å². The van der Waals surface area contributed by atoms with E-state index in [2.05, 4.69) is 11.1 Å². The summed E-state index contributed by atoms with van der Waals surface area (Å²) in [6, 6.07) is 12.3. The molecule has 0 unspecified atom stereocenters. The third-order valence-corrected chi connectivity index (χ3v) is 6.49. The molecule has 2 heterocycles. The first-order valence-electron chi connectivity index (χ1n) is 10.1. The molecule has 6 nitrogen and oxygen atoms in total. The predicted molar refractivity (Wildman–Crippen MR) is 130 cm³/mol. The van der Waals surface area contributed by atoms with Crippen LogP contribution in [0.5, 0.6) is 5.75 Å². The fourth-order valence-corrected chi connectivity index (χ4v) is 5.08. The Labute approximate surface area is 206 Å². The van der Waals surface area contributed by atoms with E-state index in [1.165, 1.54) is 11.8 Å². The zero-order chi connectivity index (χ0) is 23.5. The summed E-state index contributed by atoms with van der Waals surface area (Å²) in [5, 5.41) is 12.5. The van der Waals surface area contributed by atoms with Gasteiger partial charge in [-0.2, -0.15) is 5.26 Å². The van der Waals surface area contributed by atoms with E-state index in [1.54, 1.807) is 38.1 Å². The van der Waals surface area contributed by atoms with Crippen molar-refractivity contribution >= 4 is 46.1 Å². The second-order valence-electron chi connectivity index (χ2n) is 7.20. The lowest BCUT2D eigenvalue weighted by Gasteiger charge is -2.33. The van der Waals surface area contributed by atoms with Crippen LogP contribution in [-0.2, 0) is 16.1 Å². The van der Waals surface area contributed by atoms with Gasteiger partial charge in [0.05, 0.1) is 45.6 Å². The molecule has 2 aliphatic heterocycles. The number of benzene rings is 2. The van der Waals surface area contributed by atoms with Crippen molar-refractivity contribution in [2.45, 2.75) is 26.5 Å². The van der Waals surface area contributed by atoms with E-state index in [1.807, 2.05) is 28.6 Å². The van der Waals surface area contributed by atoms with Crippen molar-refractivity contribution in [3.05, 3.63) is 86.0 Å². The number of fused-ring (bicyclic) bond motifs is 1. The number of halogens is 2. The maximum absolute atomic E-state index is 12.8. The summed E-state index contributed by atoms with van der Waals surface area (Å²) >= 11 is 14.6. The Morgan fingerprint density at radius 3 is 2.70 bits per heavy atom. The Morgan fingerprint density at radius 1 is 1.27 bits per heavy atom. The molecule has 0 N–H and O–H groups in total. The molecule has 2 aliphatic rings. The molecule has 0 aliphatic carbocycles. The smallest absolute Gasteiger partial charge is 0.338 e. The first-order valence-corrected chi connectivity index (χ1v) is 11.8. The number of carbonyl (C=O) groups excluding carboxylic acids is 1. The molecule has 0 radical (unpaired) electrons. The Hall–Kier alpha value is -2.92. The molecule has 168 valence electrons. The number of carbonyl (C=O) groups is 1. The van der Waals surface area contributed by atoms with Gasteiger partial charge in [-0.15, -0.1) is 0 Å². The van der Waals surface area contributed by atoms with E-state index in [0.29, 0.717) is 38.2 Å². The Bertz CT molecular complexity index is 1230. The summed E-state index contributed by atoms with van der Waals surface area (Å²) in [5.74, 6) is -0.127. The van der Waals surface area contributed by atoms with Crippen LogP contribution in [0.4, 0.5) is 0 Å². The maximum Gasteiger partial charge on any atom is 0.338 e. The zero-order valence-corrected chi connectivity index (χ0v) is 20.2. The maximum atomic E-state index is 12.8. The van der Waals surface area contributed by atoms with E-state index in [9.17, 15) is 10.1 Å². The van der Waals surface area contributed by atoms with Gasteiger partial charge in [-0.05, 0) is 43.0 Å². The van der Waals surface area contributed by atoms with Crippen LogP contribution in [0.2, 0.25) is 10.0 Å².